The molecule has 134 valence electrons. The summed E-state index contributed by atoms with van der Waals surface area (Å²) in [5.74, 6) is 0.572. The number of nitrogens with one attached hydrogen (secondary N) is 2. The highest BCUT2D eigenvalue weighted by molar-refractivity contribution is 7.88. The number of aryl methyl sites for hydroxylation is 1. The van der Waals surface area contributed by atoms with Gasteiger partial charge in [0.15, 0.2) is 0 Å². The first-order valence-electron chi connectivity index (χ1n) is 7.56. The fourth-order valence-electron chi connectivity index (χ4n) is 2.45. The number of nitrogens with zero attached hydrogens (tertiary/aromatic N) is 1. The molecule has 0 radical (unpaired) electrons. The maximum atomic E-state index is 12.1. The predicted octanol–water partition coefficient (Wildman–Crippen LogP) is 0.786. The smallest absolute Gasteiger partial charge is 0.319 e. The van der Waals surface area contributed by atoms with Gasteiger partial charge in [-0.2, -0.15) is 4.31 Å². The van der Waals surface area contributed by atoms with Crippen LogP contribution in [-0.2, 0) is 14.8 Å². The lowest BCUT2D eigenvalue weighted by atomic mass is 10.2. The minimum atomic E-state index is -3.25. The molecular weight excluding hydrogens is 334 g/mol. The molecule has 1 aromatic rings. The standard InChI is InChI=1S/C15H23N3O5S/c1-11-5-4-6-13(22-2)14(11)17-15(19)16-9-12-10-18(7-8-23-12)24(3,20)21/h4-6,12H,7-10H2,1-3H3,(H2,16,17,19). The van der Waals surface area contributed by atoms with Gasteiger partial charge in [0.1, 0.15) is 5.75 Å². The monoisotopic (exact) mass is 357 g/mol. The Morgan fingerprint density at radius 3 is 2.88 bits per heavy atom. The van der Waals surface area contributed by atoms with Gasteiger partial charge >= 0.3 is 6.03 Å². The summed E-state index contributed by atoms with van der Waals surface area (Å²) in [6, 6.07) is 5.07. The lowest BCUT2D eigenvalue weighted by molar-refractivity contribution is 0.00167. The molecule has 1 heterocycles. The van der Waals surface area contributed by atoms with E-state index in [4.69, 9.17) is 9.47 Å². The number of benzene rings is 1. The molecule has 2 amide bonds. The van der Waals surface area contributed by atoms with Gasteiger partial charge in [0.05, 0.1) is 31.8 Å². The van der Waals surface area contributed by atoms with Crippen molar-refractivity contribution in [3.63, 3.8) is 0 Å². The van der Waals surface area contributed by atoms with E-state index in [2.05, 4.69) is 10.6 Å². The van der Waals surface area contributed by atoms with Crippen molar-refractivity contribution < 1.29 is 22.7 Å². The van der Waals surface area contributed by atoms with Crippen LogP contribution >= 0.6 is 0 Å². The van der Waals surface area contributed by atoms with Gasteiger partial charge in [-0.05, 0) is 18.6 Å². The SMILES string of the molecule is COc1cccc(C)c1NC(=O)NCC1CN(S(C)(=O)=O)CCO1. The highest BCUT2D eigenvalue weighted by Gasteiger charge is 2.26. The van der Waals surface area contributed by atoms with Gasteiger partial charge in [-0.1, -0.05) is 12.1 Å². The van der Waals surface area contributed by atoms with Crippen molar-refractivity contribution >= 4 is 21.7 Å². The molecular formula is C15H23N3O5S. The van der Waals surface area contributed by atoms with Crippen LogP contribution in [0.15, 0.2) is 18.2 Å². The summed E-state index contributed by atoms with van der Waals surface area (Å²) in [6.45, 7) is 2.96. The molecule has 0 spiro atoms. The zero-order chi connectivity index (χ0) is 17.7. The number of ether oxygens (including phenoxy) is 2. The van der Waals surface area contributed by atoms with Gasteiger partial charge < -0.3 is 20.1 Å². The molecule has 1 fully saturated rings. The van der Waals surface area contributed by atoms with E-state index in [9.17, 15) is 13.2 Å². The van der Waals surface area contributed by atoms with E-state index in [1.807, 2.05) is 19.1 Å². The highest BCUT2D eigenvalue weighted by Crippen LogP contribution is 2.27. The highest BCUT2D eigenvalue weighted by atomic mass is 32.2. The Morgan fingerprint density at radius 2 is 2.21 bits per heavy atom. The summed E-state index contributed by atoms with van der Waals surface area (Å²) in [6.07, 6.45) is 0.790. The Kier molecular flexibility index (Phi) is 6.03. The minimum absolute atomic E-state index is 0.214. The van der Waals surface area contributed by atoms with Gasteiger partial charge in [0.2, 0.25) is 10.0 Å². The fraction of sp³-hybridized carbons (Fsp3) is 0.533. The minimum Gasteiger partial charge on any atom is -0.495 e. The molecule has 24 heavy (non-hydrogen) atoms. The predicted molar refractivity (Wildman–Crippen MR) is 90.9 cm³/mol. The molecule has 1 aliphatic heterocycles. The lowest BCUT2D eigenvalue weighted by Gasteiger charge is -2.31. The van der Waals surface area contributed by atoms with E-state index < -0.39 is 16.1 Å². The summed E-state index contributed by atoms with van der Waals surface area (Å²) in [7, 11) is -1.72. The van der Waals surface area contributed by atoms with Crippen molar-refractivity contribution in [2.45, 2.75) is 13.0 Å². The molecule has 1 unspecified atom stereocenters. The van der Waals surface area contributed by atoms with Gasteiger partial charge in [-0.15, -0.1) is 0 Å². The first-order valence-corrected chi connectivity index (χ1v) is 9.41. The average Bonchev–Trinajstić information content (AvgIpc) is 2.54. The number of sulfonamides is 1. The van der Waals surface area contributed by atoms with E-state index in [0.717, 1.165) is 5.56 Å². The summed E-state index contributed by atoms with van der Waals surface area (Å²) < 4.78 is 35.2. The summed E-state index contributed by atoms with van der Waals surface area (Å²) in [4.78, 5) is 12.1. The van der Waals surface area contributed by atoms with E-state index in [1.54, 1.807) is 6.07 Å². The summed E-state index contributed by atoms with van der Waals surface area (Å²) >= 11 is 0. The Bertz CT molecular complexity index is 692. The number of carbonyl (C=O) groups excluding carboxylic acids is 1. The van der Waals surface area contributed by atoms with Crippen LogP contribution in [0.5, 0.6) is 5.75 Å². The molecule has 1 aliphatic rings. The number of carbonyl (C=O) groups is 1. The first kappa shape index (κ1) is 18.5. The molecule has 1 aromatic carbocycles. The number of morpholine rings is 1. The quantitative estimate of drug-likeness (QED) is 0.812. The Morgan fingerprint density at radius 1 is 1.46 bits per heavy atom. The number of para-hydroxylation sites is 1. The third-order valence-corrected chi connectivity index (χ3v) is 5.02. The molecule has 1 atom stereocenters. The number of rotatable bonds is 5. The van der Waals surface area contributed by atoms with Gasteiger partial charge in [-0.3, -0.25) is 0 Å². The second-order valence-electron chi connectivity index (χ2n) is 5.60. The van der Waals surface area contributed by atoms with E-state index in [0.29, 0.717) is 24.6 Å². The van der Waals surface area contributed by atoms with Crippen molar-refractivity contribution in [1.82, 2.24) is 9.62 Å². The Balaban J connectivity index is 1.90. The van der Waals surface area contributed by atoms with Crippen molar-refractivity contribution in [3.8, 4) is 5.75 Å². The van der Waals surface area contributed by atoms with Crippen LogP contribution in [0.1, 0.15) is 5.56 Å². The van der Waals surface area contributed by atoms with Crippen molar-refractivity contribution in [1.29, 1.82) is 0 Å². The summed E-state index contributed by atoms with van der Waals surface area (Å²) in [5.41, 5.74) is 1.47. The molecule has 0 bridgehead atoms. The zero-order valence-corrected chi connectivity index (χ0v) is 14.9. The molecule has 2 rings (SSSR count). The largest absolute Gasteiger partial charge is 0.495 e. The van der Waals surface area contributed by atoms with Crippen LogP contribution in [-0.4, -0.2) is 64.5 Å². The van der Waals surface area contributed by atoms with Crippen molar-refractivity contribution in [2.75, 3.05) is 44.9 Å². The zero-order valence-electron chi connectivity index (χ0n) is 14.0. The van der Waals surface area contributed by atoms with Crippen molar-refractivity contribution in [3.05, 3.63) is 23.8 Å². The molecule has 0 saturated carbocycles. The molecule has 1 saturated heterocycles. The molecule has 0 aromatic heterocycles. The van der Waals surface area contributed by atoms with E-state index in [-0.39, 0.29) is 19.2 Å². The fourth-order valence-corrected chi connectivity index (χ4v) is 3.30. The van der Waals surface area contributed by atoms with Crippen LogP contribution in [0, 0.1) is 6.92 Å². The van der Waals surface area contributed by atoms with Crippen LogP contribution in [0.4, 0.5) is 10.5 Å². The third kappa shape index (κ3) is 4.83. The van der Waals surface area contributed by atoms with Gasteiger partial charge in [0, 0.05) is 19.6 Å². The maximum Gasteiger partial charge on any atom is 0.319 e. The number of hydrogen-bond donors (Lipinski definition) is 2. The number of urea groups is 1. The molecule has 0 aliphatic carbocycles. The number of amides is 2. The van der Waals surface area contributed by atoms with Crippen LogP contribution < -0.4 is 15.4 Å². The van der Waals surface area contributed by atoms with E-state index >= 15 is 0 Å². The van der Waals surface area contributed by atoms with Gasteiger partial charge in [0.25, 0.3) is 0 Å². The average molecular weight is 357 g/mol. The van der Waals surface area contributed by atoms with Crippen LogP contribution in [0.2, 0.25) is 0 Å². The molecule has 2 N–H and O–H groups in total. The topological polar surface area (TPSA) is 97.0 Å². The third-order valence-electron chi connectivity index (χ3n) is 3.75. The van der Waals surface area contributed by atoms with Crippen molar-refractivity contribution in [2.24, 2.45) is 0 Å². The lowest BCUT2D eigenvalue weighted by Crippen LogP contribution is -2.49. The number of anilines is 1. The van der Waals surface area contributed by atoms with E-state index in [1.165, 1.54) is 17.7 Å². The summed E-state index contributed by atoms with van der Waals surface area (Å²) in [5, 5.41) is 5.45. The normalized spacial score (nSPS) is 18.9. The van der Waals surface area contributed by atoms with Gasteiger partial charge in [-0.25, -0.2) is 13.2 Å². The first-order chi connectivity index (χ1) is 11.3. The number of hydrogen-bond acceptors (Lipinski definition) is 5. The molecule has 8 nitrogen and oxygen atoms in total. The Labute approximate surface area is 142 Å². The maximum absolute atomic E-state index is 12.1. The Hall–Kier alpha value is -1.84. The molecule has 9 heteroatoms. The second-order valence-corrected chi connectivity index (χ2v) is 7.58. The van der Waals surface area contributed by atoms with Crippen LogP contribution in [0.3, 0.4) is 0 Å². The van der Waals surface area contributed by atoms with Crippen LogP contribution in [0.25, 0.3) is 0 Å². The number of methoxy groups -OCH3 is 1. The second kappa shape index (κ2) is 7.82.